The number of carbonyl (C=O) groups excluding carboxylic acids is 1. The van der Waals surface area contributed by atoms with Crippen LogP contribution in [0.15, 0.2) is 30.5 Å². The van der Waals surface area contributed by atoms with E-state index in [9.17, 15) is 4.79 Å². The average Bonchev–Trinajstić information content (AvgIpc) is 3.37. The predicted molar refractivity (Wildman–Crippen MR) is 94.2 cm³/mol. The molecule has 6 N–H and O–H groups in total. The fraction of sp³-hybridized carbons (Fsp3) is 0.353. The van der Waals surface area contributed by atoms with E-state index < -0.39 is 5.91 Å². The second-order valence-electron chi connectivity index (χ2n) is 6.15. The Kier molecular flexibility index (Phi) is 4.61. The number of amides is 1. The summed E-state index contributed by atoms with van der Waals surface area (Å²) in [4.78, 5) is 20.3. The molecule has 2 aromatic heterocycles. The summed E-state index contributed by atoms with van der Waals surface area (Å²) in [5.74, 6) is 1.35. The zero-order valence-electron chi connectivity index (χ0n) is 13.6. The molecular formula is C17H22N6O. The number of pyridine rings is 2. The second kappa shape index (κ2) is 6.84. The number of primary amides is 1. The first kappa shape index (κ1) is 16.2. The Hall–Kier alpha value is -2.67. The highest BCUT2D eigenvalue weighted by molar-refractivity contribution is 5.99. The van der Waals surface area contributed by atoms with Gasteiger partial charge in [-0.2, -0.15) is 0 Å². The molecule has 0 aromatic carbocycles. The third-order valence-corrected chi connectivity index (χ3v) is 4.07. The summed E-state index contributed by atoms with van der Waals surface area (Å²) in [6.45, 7) is 2.55. The van der Waals surface area contributed by atoms with Gasteiger partial charge in [0, 0.05) is 30.5 Å². The molecule has 2 heterocycles. The van der Waals surface area contributed by atoms with E-state index in [0.29, 0.717) is 35.3 Å². The van der Waals surface area contributed by atoms with Crippen LogP contribution in [0.5, 0.6) is 0 Å². The molecule has 1 atom stereocenters. The van der Waals surface area contributed by atoms with Gasteiger partial charge in [0.1, 0.15) is 11.6 Å². The molecule has 0 spiro atoms. The largest absolute Gasteiger partial charge is 0.368 e. The van der Waals surface area contributed by atoms with Crippen LogP contribution in [-0.2, 0) is 0 Å². The van der Waals surface area contributed by atoms with Gasteiger partial charge in [-0.3, -0.25) is 4.79 Å². The number of carbonyl (C=O) groups is 1. The summed E-state index contributed by atoms with van der Waals surface area (Å²) in [6, 6.07) is 7.50. The summed E-state index contributed by atoms with van der Waals surface area (Å²) in [7, 11) is 0. The van der Waals surface area contributed by atoms with E-state index in [1.165, 1.54) is 19.0 Å². The number of aromatic nitrogens is 2. The molecule has 126 valence electrons. The molecule has 1 saturated carbocycles. The van der Waals surface area contributed by atoms with E-state index in [0.717, 1.165) is 5.69 Å². The molecule has 24 heavy (non-hydrogen) atoms. The molecule has 7 nitrogen and oxygen atoms in total. The number of hydrogen-bond acceptors (Lipinski definition) is 6. The summed E-state index contributed by atoms with van der Waals surface area (Å²) in [5, 5.41) is 6.36. The van der Waals surface area contributed by atoms with Gasteiger partial charge in [0.25, 0.3) is 5.91 Å². The maximum Gasteiger partial charge on any atom is 0.252 e. The topological polar surface area (TPSA) is 119 Å². The van der Waals surface area contributed by atoms with Crippen LogP contribution in [0.1, 0.15) is 28.9 Å². The van der Waals surface area contributed by atoms with Crippen molar-refractivity contribution in [3.05, 3.63) is 41.7 Å². The zero-order chi connectivity index (χ0) is 17.1. The van der Waals surface area contributed by atoms with E-state index in [4.69, 9.17) is 11.5 Å². The molecular weight excluding hydrogens is 304 g/mol. The van der Waals surface area contributed by atoms with Crippen LogP contribution in [0.4, 0.5) is 17.3 Å². The van der Waals surface area contributed by atoms with Crippen LogP contribution in [-0.4, -0.2) is 28.5 Å². The van der Waals surface area contributed by atoms with Gasteiger partial charge in [-0.15, -0.1) is 0 Å². The van der Waals surface area contributed by atoms with Crippen LogP contribution in [0.2, 0.25) is 0 Å². The molecule has 0 bridgehead atoms. The van der Waals surface area contributed by atoms with E-state index in [2.05, 4.69) is 20.6 Å². The second-order valence-corrected chi connectivity index (χ2v) is 6.15. The molecule has 1 aliphatic carbocycles. The van der Waals surface area contributed by atoms with Crippen molar-refractivity contribution in [2.45, 2.75) is 25.8 Å². The maximum absolute atomic E-state index is 11.6. The predicted octanol–water partition coefficient (Wildman–Crippen LogP) is 1.78. The summed E-state index contributed by atoms with van der Waals surface area (Å²) in [6.07, 6.45) is 3.86. The molecule has 0 saturated heterocycles. The fourth-order valence-corrected chi connectivity index (χ4v) is 2.52. The Morgan fingerprint density at radius 2 is 2.17 bits per heavy atom. The summed E-state index contributed by atoms with van der Waals surface area (Å²) in [5.41, 5.74) is 13.3. The number of anilines is 3. The Bertz CT molecular complexity index is 744. The van der Waals surface area contributed by atoms with Gasteiger partial charge >= 0.3 is 0 Å². The lowest BCUT2D eigenvalue weighted by Crippen LogP contribution is -2.31. The normalized spacial score (nSPS) is 14.9. The van der Waals surface area contributed by atoms with E-state index >= 15 is 0 Å². The van der Waals surface area contributed by atoms with Crippen LogP contribution < -0.4 is 22.1 Å². The number of nitrogens with one attached hydrogen (secondary N) is 2. The third-order valence-electron chi connectivity index (χ3n) is 4.07. The Morgan fingerprint density at radius 3 is 2.83 bits per heavy atom. The minimum absolute atomic E-state index is 0.123. The Morgan fingerprint density at radius 1 is 1.38 bits per heavy atom. The van der Waals surface area contributed by atoms with Gasteiger partial charge in [-0.25, -0.2) is 9.97 Å². The van der Waals surface area contributed by atoms with Crippen molar-refractivity contribution >= 4 is 23.2 Å². The molecule has 7 heteroatoms. The fourth-order valence-electron chi connectivity index (χ4n) is 2.52. The monoisotopic (exact) mass is 326 g/mol. The van der Waals surface area contributed by atoms with Crippen molar-refractivity contribution < 1.29 is 4.79 Å². The lowest BCUT2D eigenvalue weighted by atomic mass is 10.2. The lowest BCUT2D eigenvalue weighted by Gasteiger charge is -2.15. The number of rotatable bonds is 7. The van der Waals surface area contributed by atoms with Gasteiger partial charge in [-0.1, -0.05) is 6.07 Å². The Balaban J connectivity index is 1.78. The minimum atomic E-state index is -0.543. The van der Waals surface area contributed by atoms with Crippen LogP contribution in [0.25, 0.3) is 0 Å². The minimum Gasteiger partial charge on any atom is -0.368 e. The molecule has 0 aliphatic heterocycles. The molecule has 0 radical (unpaired) electrons. The SMILES string of the molecule is Cc1cccc(Nc2cc(NCC(N)C3CC3)ncc2C(N)=O)n1. The molecule has 1 aliphatic rings. The first-order valence-corrected chi connectivity index (χ1v) is 8.03. The van der Waals surface area contributed by atoms with E-state index in [-0.39, 0.29) is 6.04 Å². The van der Waals surface area contributed by atoms with Crippen molar-refractivity contribution in [1.82, 2.24) is 9.97 Å². The molecule has 1 fully saturated rings. The van der Waals surface area contributed by atoms with Crippen molar-refractivity contribution in [1.29, 1.82) is 0 Å². The molecule has 2 aromatic rings. The highest BCUT2D eigenvalue weighted by atomic mass is 16.1. The highest BCUT2D eigenvalue weighted by Crippen LogP contribution is 2.31. The van der Waals surface area contributed by atoms with E-state index in [1.54, 1.807) is 6.07 Å². The number of nitrogens with two attached hydrogens (primary N) is 2. The summed E-state index contributed by atoms with van der Waals surface area (Å²) >= 11 is 0. The maximum atomic E-state index is 11.6. The number of nitrogens with zero attached hydrogens (tertiary/aromatic N) is 2. The average molecular weight is 326 g/mol. The quantitative estimate of drug-likeness (QED) is 0.616. The van der Waals surface area contributed by atoms with Crippen molar-refractivity contribution in [3.8, 4) is 0 Å². The van der Waals surface area contributed by atoms with Crippen LogP contribution in [0.3, 0.4) is 0 Å². The van der Waals surface area contributed by atoms with Gasteiger partial charge in [0.2, 0.25) is 0 Å². The molecule has 3 rings (SSSR count). The smallest absolute Gasteiger partial charge is 0.252 e. The Labute approximate surface area is 140 Å². The van der Waals surface area contributed by atoms with Crippen molar-refractivity contribution in [2.75, 3.05) is 17.2 Å². The van der Waals surface area contributed by atoms with Gasteiger partial charge < -0.3 is 22.1 Å². The van der Waals surface area contributed by atoms with Crippen molar-refractivity contribution in [2.24, 2.45) is 17.4 Å². The first-order chi connectivity index (χ1) is 11.5. The zero-order valence-corrected chi connectivity index (χ0v) is 13.6. The van der Waals surface area contributed by atoms with Gasteiger partial charge in [-0.05, 0) is 37.8 Å². The number of hydrogen-bond donors (Lipinski definition) is 4. The van der Waals surface area contributed by atoms with Gasteiger partial charge in [0.05, 0.1) is 11.3 Å². The first-order valence-electron chi connectivity index (χ1n) is 8.03. The van der Waals surface area contributed by atoms with Crippen LogP contribution >= 0.6 is 0 Å². The van der Waals surface area contributed by atoms with E-state index in [1.807, 2.05) is 25.1 Å². The summed E-state index contributed by atoms with van der Waals surface area (Å²) < 4.78 is 0. The third kappa shape index (κ3) is 3.99. The van der Waals surface area contributed by atoms with Gasteiger partial charge in [0.15, 0.2) is 0 Å². The molecule has 1 unspecified atom stereocenters. The van der Waals surface area contributed by atoms with Crippen LogP contribution in [0, 0.1) is 12.8 Å². The number of aryl methyl sites for hydroxylation is 1. The lowest BCUT2D eigenvalue weighted by molar-refractivity contribution is 0.100. The standard InChI is InChI=1S/C17H22N6O/c1-10-3-2-4-15(22-10)23-14-7-16(20-8-12(14)17(19)24)21-9-13(18)11-5-6-11/h2-4,7-8,11,13H,5-6,9,18H2,1H3,(H2,19,24)(H2,20,21,22,23). The molecule has 1 amide bonds. The van der Waals surface area contributed by atoms with Crippen molar-refractivity contribution in [3.63, 3.8) is 0 Å². The highest BCUT2D eigenvalue weighted by Gasteiger charge is 2.28.